The van der Waals surface area contributed by atoms with E-state index in [0.29, 0.717) is 17.1 Å². The molecule has 0 atom stereocenters. The standard InChI is InChI=1S/C12H20N8S/c1-4-5-14-10-16-11(20-9-13-8-15-20)18-12(17-10)21-7-6-19(2)3/h8-9H,4-7H2,1-3H3,(H,14,16,17,18). The predicted molar refractivity (Wildman–Crippen MR) is 82.8 cm³/mol. The molecule has 0 aliphatic heterocycles. The number of hydrogen-bond donors (Lipinski definition) is 1. The molecular weight excluding hydrogens is 288 g/mol. The van der Waals surface area contributed by atoms with Crippen LogP contribution in [0.1, 0.15) is 13.3 Å². The van der Waals surface area contributed by atoms with Crippen LogP contribution in [-0.4, -0.2) is 67.6 Å². The highest BCUT2D eigenvalue weighted by molar-refractivity contribution is 7.99. The van der Waals surface area contributed by atoms with Gasteiger partial charge in [0.2, 0.25) is 5.95 Å². The molecule has 0 aromatic carbocycles. The molecule has 0 fully saturated rings. The van der Waals surface area contributed by atoms with Crippen LogP contribution >= 0.6 is 11.8 Å². The number of aromatic nitrogens is 6. The van der Waals surface area contributed by atoms with E-state index in [4.69, 9.17) is 0 Å². The van der Waals surface area contributed by atoms with Gasteiger partial charge in [-0.1, -0.05) is 18.7 Å². The maximum absolute atomic E-state index is 4.43. The summed E-state index contributed by atoms with van der Waals surface area (Å²) in [5.74, 6) is 1.97. The largest absolute Gasteiger partial charge is 0.354 e. The van der Waals surface area contributed by atoms with E-state index in [1.165, 1.54) is 11.0 Å². The van der Waals surface area contributed by atoms with Crippen molar-refractivity contribution in [2.24, 2.45) is 0 Å². The number of rotatable bonds is 8. The molecular formula is C12H20N8S. The molecule has 8 nitrogen and oxygen atoms in total. The monoisotopic (exact) mass is 308 g/mol. The van der Waals surface area contributed by atoms with Gasteiger partial charge in [-0.3, -0.25) is 0 Å². The summed E-state index contributed by atoms with van der Waals surface area (Å²) in [6.45, 7) is 3.88. The van der Waals surface area contributed by atoms with Crippen molar-refractivity contribution < 1.29 is 0 Å². The summed E-state index contributed by atoms with van der Waals surface area (Å²) < 4.78 is 1.54. The molecule has 2 aromatic heterocycles. The molecule has 114 valence electrons. The van der Waals surface area contributed by atoms with Crippen molar-refractivity contribution in [3.8, 4) is 5.95 Å². The lowest BCUT2D eigenvalue weighted by Gasteiger charge is -2.10. The van der Waals surface area contributed by atoms with Crippen LogP contribution in [0.15, 0.2) is 17.8 Å². The van der Waals surface area contributed by atoms with Crippen molar-refractivity contribution in [1.29, 1.82) is 0 Å². The lowest BCUT2D eigenvalue weighted by atomic mass is 10.5. The fourth-order valence-corrected chi connectivity index (χ4v) is 2.40. The van der Waals surface area contributed by atoms with Crippen molar-refractivity contribution in [2.75, 3.05) is 38.3 Å². The van der Waals surface area contributed by atoms with E-state index >= 15 is 0 Å². The molecule has 0 saturated heterocycles. The fourth-order valence-electron chi connectivity index (χ4n) is 1.46. The molecule has 2 heterocycles. The van der Waals surface area contributed by atoms with E-state index in [1.54, 1.807) is 18.1 Å². The molecule has 0 bridgehead atoms. The fraction of sp³-hybridized carbons (Fsp3) is 0.583. The summed E-state index contributed by atoms with van der Waals surface area (Å²) in [6.07, 6.45) is 4.04. The predicted octanol–water partition coefficient (Wildman–Crippen LogP) is 0.928. The van der Waals surface area contributed by atoms with E-state index in [1.807, 2.05) is 14.1 Å². The minimum Gasteiger partial charge on any atom is -0.354 e. The Kier molecular flexibility index (Phi) is 5.88. The van der Waals surface area contributed by atoms with Crippen LogP contribution in [0, 0.1) is 0 Å². The third-order valence-electron chi connectivity index (χ3n) is 2.53. The Bertz CT molecular complexity index is 542. The second-order valence-corrected chi connectivity index (χ2v) is 5.72. The molecule has 0 unspecified atom stereocenters. The van der Waals surface area contributed by atoms with Crippen LogP contribution in [0.5, 0.6) is 0 Å². The normalized spacial score (nSPS) is 11.0. The summed E-state index contributed by atoms with van der Waals surface area (Å²) in [5, 5.41) is 7.94. The molecule has 0 saturated carbocycles. The van der Waals surface area contributed by atoms with E-state index in [0.717, 1.165) is 25.3 Å². The van der Waals surface area contributed by atoms with Crippen LogP contribution in [0.3, 0.4) is 0 Å². The zero-order valence-electron chi connectivity index (χ0n) is 12.5. The molecule has 0 radical (unpaired) electrons. The summed E-state index contributed by atoms with van der Waals surface area (Å²) >= 11 is 1.60. The van der Waals surface area contributed by atoms with Crippen LogP contribution in [0.4, 0.5) is 5.95 Å². The molecule has 0 spiro atoms. The quantitative estimate of drug-likeness (QED) is 0.721. The van der Waals surface area contributed by atoms with Gasteiger partial charge in [-0.2, -0.15) is 24.7 Å². The van der Waals surface area contributed by atoms with E-state index in [-0.39, 0.29) is 0 Å². The topological polar surface area (TPSA) is 84.7 Å². The van der Waals surface area contributed by atoms with E-state index in [9.17, 15) is 0 Å². The highest BCUT2D eigenvalue weighted by Gasteiger charge is 2.09. The Labute approximate surface area is 128 Å². The van der Waals surface area contributed by atoms with Gasteiger partial charge in [0.1, 0.15) is 12.7 Å². The summed E-state index contributed by atoms with van der Waals surface area (Å²) in [4.78, 5) is 19.3. The number of nitrogens with one attached hydrogen (secondary N) is 1. The molecule has 0 aliphatic rings. The summed E-state index contributed by atoms with van der Waals surface area (Å²) in [7, 11) is 4.09. The SMILES string of the molecule is CCCNc1nc(SCCN(C)C)nc(-n2cncn2)n1. The van der Waals surface area contributed by atoms with E-state index in [2.05, 4.69) is 42.2 Å². The van der Waals surface area contributed by atoms with Crippen molar-refractivity contribution in [3.63, 3.8) is 0 Å². The summed E-state index contributed by atoms with van der Waals surface area (Å²) in [6, 6.07) is 0. The van der Waals surface area contributed by atoms with Crippen molar-refractivity contribution >= 4 is 17.7 Å². The van der Waals surface area contributed by atoms with E-state index < -0.39 is 0 Å². The maximum atomic E-state index is 4.43. The third-order valence-corrected chi connectivity index (χ3v) is 3.36. The zero-order chi connectivity index (χ0) is 15.1. The Balaban J connectivity index is 2.16. The first-order chi connectivity index (χ1) is 10.2. The second kappa shape index (κ2) is 7.89. The number of hydrogen-bond acceptors (Lipinski definition) is 8. The zero-order valence-corrected chi connectivity index (χ0v) is 13.3. The molecule has 1 N–H and O–H groups in total. The Hall–Kier alpha value is -1.74. The minimum atomic E-state index is 0.480. The van der Waals surface area contributed by atoms with Gasteiger partial charge < -0.3 is 10.2 Å². The molecule has 21 heavy (non-hydrogen) atoms. The second-order valence-electron chi connectivity index (χ2n) is 4.66. The van der Waals surface area contributed by atoms with Crippen LogP contribution in [0.2, 0.25) is 0 Å². The average molecular weight is 308 g/mol. The van der Waals surface area contributed by atoms with Crippen LogP contribution in [-0.2, 0) is 0 Å². The molecule has 2 rings (SSSR count). The van der Waals surface area contributed by atoms with Crippen molar-refractivity contribution in [1.82, 2.24) is 34.6 Å². The number of nitrogens with zero attached hydrogens (tertiary/aromatic N) is 7. The van der Waals surface area contributed by atoms with Gasteiger partial charge in [-0.05, 0) is 20.5 Å². The summed E-state index contributed by atoms with van der Waals surface area (Å²) in [5.41, 5.74) is 0. The molecule has 0 amide bonds. The van der Waals surface area contributed by atoms with Gasteiger partial charge in [-0.25, -0.2) is 4.98 Å². The molecule has 0 aliphatic carbocycles. The number of thioether (sulfide) groups is 1. The van der Waals surface area contributed by atoms with Gasteiger partial charge in [0, 0.05) is 18.8 Å². The van der Waals surface area contributed by atoms with Crippen molar-refractivity contribution in [3.05, 3.63) is 12.7 Å². The van der Waals surface area contributed by atoms with Crippen LogP contribution < -0.4 is 5.32 Å². The van der Waals surface area contributed by atoms with Gasteiger partial charge in [0.15, 0.2) is 5.16 Å². The highest BCUT2D eigenvalue weighted by Crippen LogP contribution is 2.15. The van der Waals surface area contributed by atoms with Crippen LogP contribution in [0.25, 0.3) is 5.95 Å². The Morgan fingerprint density at radius 1 is 1.29 bits per heavy atom. The lowest BCUT2D eigenvalue weighted by Crippen LogP contribution is -2.15. The highest BCUT2D eigenvalue weighted by atomic mass is 32.2. The first-order valence-electron chi connectivity index (χ1n) is 6.81. The minimum absolute atomic E-state index is 0.480. The Morgan fingerprint density at radius 2 is 2.14 bits per heavy atom. The molecule has 2 aromatic rings. The maximum Gasteiger partial charge on any atom is 0.257 e. The first kappa shape index (κ1) is 15.6. The lowest BCUT2D eigenvalue weighted by molar-refractivity contribution is 0.437. The third kappa shape index (κ3) is 4.94. The Morgan fingerprint density at radius 3 is 2.81 bits per heavy atom. The van der Waals surface area contributed by atoms with Gasteiger partial charge in [0.05, 0.1) is 0 Å². The van der Waals surface area contributed by atoms with Gasteiger partial charge in [-0.15, -0.1) is 0 Å². The first-order valence-corrected chi connectivity index (χ1v) is 7.80. The van der Waals surface area contributed by atoms with Gasteiger partial charge >= 0.3 is 0 Å². The molecule has 9 heteroatoms. The van der Waals surface area contributed by atoms with Crippen molar-refractivity contribution in [2.45, 2.75) is 18.5 Å². The average Bonchev–Trinajstić information content (AvgIpc) is 2.99. The number of anilines is 1. The smallest absolute Gasteiger partial charge is 0.257 e. The van der Waals surface area contributed by atoms with Gasteiger partial charge in [0.25, 0.3) is 5.95 Å².